The van der Waals surface area contributed by atoms with Gasteiger partial charge in [0.2, 0.25) is 5.91 Å². The molecule has 3 rings (SSSR count). The number of anilines is 1. The summed E-state index contributed by atoms with van der Waals surface area (Å²) in [5.74, 6) is -0.572. The highest BCUT2D eigenvalue weighted by Crippen LogP contribution is 2.45. The number of nitrogens with zero attached hydrogens (tertiary/aromatic N) is 3. The number of carbonyl (C=O) groups is 1. The lowest BCUT2D eigenvalue weighted by Crippen LogP contribution is -2.42. The van der Waals surface area contributed by atoms with Crippen LogP contribution in [0.2, 0.25) is 0 Å². The third-order valence-corrected chi connectivity index (χ3v) is 6.99. The zero-order chi connectivity index (χ0) is 18.1. The van der Waals surface area contributed by atoms with Gasteiger partial charge in [0.15, 0.2) is 0 Å². The summed E-state index contributed by atoms with van der Waals surface area (Å²) < 4.78 is 33.2. The van der Waals surface area contributed by atoms with Crippen LogP contribution in [0.15, 0.2) is 24.5 Å². The van der Waals surface area contributed by atoms with Gasteiger partial charge in [-0.3, -0.25) is 9.78 Å². The number of amides is 1. The zero-order valence-corrected chi connectivity index (χ0v) is 15.3. The second-order valence-corrected chi connectivity index (χ2v) is 8.98. The van der Waals surface area contributed by atoms with Crippen molar-refractivity contribution in [1.29, 1.82) is 0 Å². The van der Waals surface area contributed by atoms with Crippen molar-refractivity contribution in [2.75, 3.05) is 45.7 Å². The van der Waals surface area contributed by atoms with Gasteiger partial charge in [-0.25, -0.2) is 0 Å². The van der Waals surface area contributed by atoms with Crippen LogP contribution in [0.3, 0.4) is 0 Å². The van der Waals surface area contributed by atoms with Gasteiger partial charge in [0.1, 0.15) is 0 Å². The van der Waals surface area contributed by atoms with Crippen LogP contribution in [-0.2, 0) is 19.7 Å². The molecular formula is C16H24N4O4S. The topological polar surface area (TPSA) is 91.8 Å². The molecule has 25 heavy (non-hydrogen) atoms. The fourth-order valence-electron chi connectivity index (χ4n) is 3.64. The zero-order valence-electron chi connectivity index (χ0n) is 14.5. The standard InChI is InChI=1S/C16H24N4O4S/c1-19(2)25(22,23)20-11-14(16(12-20)5-8-24-9-6-16)15(21)18-13-4-3-7-17-10-13/h3-4,7,10,14H,5-6,8-9,11-12H2,1-2H3,(H,18,21). The molecule has 2 aliphatic rings. The van der Waals surface area contributed by atoms with E-state index in [9.17, 15) is 13.2 Å². The monoisotopic (exact) mass is 368 g/mol. The number of pyridine rings is 1. The van der Waals surface area contributed by atoms with E-state index in [0.29, 0.717) is 38.3 Å². The van der Waals surface area contributed by atoms with Crippen molar-refractivity contribution < 1.29 is 17.9 Å². The van der Waals surface area contributed by atoms with Gasteiger partial charge in [0.25, 0.3) is 10.2 Å². The molecule has 1 spiro atoms. The molecule has 138 valence electrons. The SMILES string of the molecule is CN(C)S(=O)(=O)N1CC(C(=O)Nc2cccnc2)C2(CCOCC2)C1. The molecule has 0 saturated carbocycles. The average Bonchev–Trinajstić information content (AvgIpc) is 2.96. The van der Waals surface area contributed by atoms with Crippen molar-refractivity contribution in [3.8, 4) is 0 Å². The molecule has 1 aromatic rings. The highest BCUT2D eigenvalue weighted by molar-refractivity contribution is 7.86. The van der Waals surface area contributed by atoms with Crippen molar-refractivity contribution >= 4 is 21.8 Å². The van der Waals surface area contributed by atoms with Crippen LogP contribution in [0.25, 0.3) is 0 Å². The highest BCUT2D eigenvalue weighted by Gasteiger charge is 2.53. The smallest absolute Gasteiger partial charge is 0.281 e. The Hall–Kier alpha value is -1.55. The molecule has 3 heterocycles. The average molecular weight is 368 g/mol. The molecule has 2 fully saturated rings. The Morgan fingerprint density at radius 3 is 2.72 bits per heavy atom. The number of hydrogen-bond acceptors (Lipinski definition) is 5. The molecule has 1 aromatic heterocycles. The predicted molar refractivity (Wildman–Crippen MR) is 93.0 cm³/mol. The summed E-state index contributed by atoms with van der Waals surface area (Å²) in [6, 6.07) is 3.52. The Bertz CT molecular complexity index is 717. The first-order valence-electron chi connectivity index (χ1n) is 8.31. The van der Waals surface area contributed by atoms with Gasteiger partial charge in [-0.15, -0.1) is 0 Å². The molecule has 2 aliphatic heterocycles. The molecule has 1 N–H and O–H groups in total. The maximum absolute atomic E-state index is 12.9. The summed E-state index contributed by atoms with van der Waals surface area (Å²) in [4.78, 5) is 16.9. The van der Waals surface area contributed by atoms with Crippen molar-refractivity contribution in [2.45, 2.75) is 12.8 Å². The lowest BCUT2D eigenvalue weighted by atomic mass is 9.72. The van der Waals surface area contributed by atoms with Crippen LogP contribution >= 0.6 is 0 Å². The minimum atomic E-state index is -3.56. The molecule has 0 radical (unpaired) electrons. The number of ether oxygens (including phenoxy) is 1. The van der Waals surface area contributed by atoms with Crippen molar-refractivity contribution in [3.63, 3.8) is 0 Å². The van der Waals surface area contributed by atoms with Gasteiger partial charge in [-0.2, -0.15) is 17.0 Å². The minimum absolute atomic E-state index is 0.161. The largest absolute Gasteiger partial charge is 0.381 e. The first-order chi connectivity index (χ1) is 11.8. The summed E-state index contributed by atoms with van der Waals surface area (Å²) in [5, 5.41) is 2.88. The van der Waals surface area contributed by atoms with E-state index in [-0.39, 0.29) is 17.9 Å². The molecule has 0 bridgehead atoms. The van der Waals surface area contributed by atoms with E-state index in [2.05, 4.69) is 10.3 Å². The molecule has 9 heteroatoms. The summed E-state index contributed by atoms with van der Waals surface area (Å²) in [7, 11) is -0.540. The van der Waals surface area contributed by atoms with Crippen LogP contribution in [0, 0.1) is 11.3 Å². The fourth-order valence-corrected chi connectivity index (χ4v) is 4.86. The Labute approximate surface area is 148 Å². The van der Waals surface area contributed by atoms with Crippen LogP contribution < -0.4 is 5.32 Å². The number of hydrogen-bond donors (Lipinski definition) is 1. The number of rotatable bonds is 4. The minimum Gasteiger partial charge on any atom is -0.381 e. The Morgan fingerprint density at radius 2 is 2.12 bits per heavy atom. The Balaban J connectivity index is 1.85. The molecule has 8 nitrogen and oxygen atoms in total. The van der Waals surface area contributed by atoms with Crippen molar-refractivity contribution in [2.24, 2.45) is 11.3 Å². The lowest BCUT2D eigenvalue weighted by molar-refractivity contribution is -0.124. The molecule has 1 atom stereocenters. The second kappa shape index (κ2) is 6.99. The van der Waals surface area contributed by atoms with Gasteiger partial charge < -0.3 is 10.1 Å². The van der Waals surface area contributed by atoms with Gasteiger partial charge in [0.05, 0.1) is 17.8 Å². The van der Waals surface area contributed by atoms with Gasteiger partial charge in [-0.1, -0.05) is 0 Å². The van der Waals surface area contributed by atoms with E-state index in [4.69, 9.17) is 4.74 Å². The quantitative estimate of drug-likeness (QED) is 0.838. The van der Waals surface area contributed by atoms with Gasteiger partial charge in [0, 0.05) is 52.0 Å². The fraction of sp³-hybridized carbons (Fsp3) is 0.625. The predicted octanol–water partition coefficient (Wildman–Crippen LogP) is 0.555. The van der Waals surface area contributed by atoms with Crippen molar-refractivity contribution in [1.82, 2.24) is 13.6 Å². The maximum atomic E-state index is 12.9. The van der Waals surface area contributed by atoms with E-state index in [1.54, 1.807) is 24.5 Å². The number of nitrogens with one attached hydrogen (secondary N) is 1. The molecule has 0 aromatic carbocycles. The third kappa shape index (κ3) is 3.55. The van der Waals surface area contributed by atoms with E-state index >= 15 is 0 Å². The van der Waals surface area contributed by atoms with E-state index in [1.165, 1.54) is 22.7 Å². The first-order valence-corrected chi connectivity index (χ1v) is 9.71. The van der Waals surface area contributed by atoms with Crippen LogP contribution in [0.5, 0.6) is 0 Å². The van der Waals surface area contributed by atoms with Gasteiger partial charge >= 0.3 is 0 Å². The molecule has 1 amide bonds. The number of aromatic nitrogens is 1. The Morgan fingerprint density at radius 1 is 1.40 bits per heavy atom. The normalized spacial score (nSPS) is 23.9. The van der Waals surface area contributed by atoms with Crippen LogP contribution in [0.4, 0.5) is 5.69 Å². The first kappa shape index (κ1) is 18.2. The molecular weight excluding hydrogens is 344 g/mol. The molecule has 1 unspecified atom stereocenters. The third-order valence-electron chi connectivity index (χ3n) is 5.14. The molecule has 2 saturated heterocycles. The second-order valence-electron chi connectivity index (χ2n) is 6.84. The van der Waals surface area contributed by atoms with Crippen LogP contribution in [0.1, 0.15) is 12.8 Å². The number of carbonyl (C=O) groups excluding carboxylic acids is 1. The summed E-state index contributed by atoms with van der Waals surface area (Å²) >= 11 is 0. The summed E-state index contributed by atoms with van der Waals surface area (Å²) in [5.41, 5.74) is 0.233. The van der Waals surface area contributed by atoms with Gasteiger partial charge in [-0.05, 0) is 25.0 Å². The Kier molecular flexibility index (Phi) is 5.10. The lowest BCUT2D eigenvalue weighted by Gasteiger charge is -2.37. The maximum Gasteiger partial charge on any atom is 0.281 e. The highest BCUT2D eigenvalue weighted by atomic mass is 32.2. The molecule has 0 aliphatic carbocycles. The summed E-state index contributed by atoms with van der Waals surface area (Å²) in [6.07, 6.45) is 4.57. The van der Waals surface area contributed by atoms with E-state index in [0.717, 1.165) is 0 Å². The van der Waals surface area contributed by atoms with Crippen LogP contribution in [-0.4, -0.2) is 68.3 Å². The van der Waals surface area contributed by atoms with E-state index < -0.39 is 16.1 Å². The van der Waals surface area contributed by atoms with Crippen molar-refractivity contribution in [3.05, 3.63) is 24.5 Å². The van der Waals surface area contributed by atoms with E-state index in [1.807, 2.05) is 0 Å². The summed E-state index contributed by atoms with van der Waals surface area (Å²) in [6.45, 7) is 1.63.